The molecule has 1 amide bonds. The number of nitro groups is 1. The zero-order chi connectivity index (χ0) is 19.9. The predicted molar refractivity (Wildman–Crippen MR) is 104 cm³/mol. The number of benzene rings is 3. The minimum atomic E-state index is -0.526. The minimum absolute atomic E-state index is 0.0999. The molecule has 28 heavy (non-hydrogen) atoms. The van der Waals surface area contributed by atoms with Crippen molar-refractivity contribution < 1.29 is 14.5 Å². The van der Waals surface area contributed by atoms with Crippen molar-refractivity contribution in [2.24, 2.45) is 0 Å². The largest absolute Gasteiger partial charge is 0.484 e. The van der Waals surface area contributed by atoms with Gasteiger partial charge in [-0.25, -0.2) is 0 Å². The van der Waals surface area contributed by atoms with Crippen LogP contribution in [0.25, 0.3) is 11.1 Å². The molecule has 0 aliphatic rings. The molecular weight excluding hydrogens is 358 g/mol. The molecule has 0 saturated carbocycles. The number of hydrogen-bond donors (Lipinski definition) is 1. The fourth-order valence-corrected chi connectivity index (χ4v) is 2.52. The lowest BCUT2D eigenvalue weighted by Gasteiger charge is -2.08. The molecule has 0 fully saturated rings. The molecule has 3 aromatic carbocycles. The third kappa shape index (κ3) is 4.71. The van der Waals surface area contributed by atoms with Crippen molar-refractivity contribution in [2.45, 2.75) is 0 Å². The van der Waals surface area contributed by atoms with Crippen LogP contribution in [-0.2, 0) is 4.79 Å². The van der Waals surface area contributed by atoms with Gasteiger partial charge in [0.2, 0.25) is 0 Å². The van der Waals surface area contributed by atoms with Gasteiger partial charge in [0.15, 0.2) is 6.61 Å². The van der Waals surface area contributed by atoms with Gasteiger partial charge in [0.05, 0.1) is 16.6 Å². The van der Waals surface area contributed by atoms with Crippen LogP contribution in [0.5, 0.6) is 5.75 Å². The second-order valence-electron chi connectivity index (χ2n) is 5.86. The van der Waals surface area contributed by atoms with Gasteiger partial charge in [0.25, 0.3) is 11.6 Å². The number of nitro benzene ring substituents is 1. The lowest BCUT2D eigenvalue weighted by Crippen LogP contribution is -2.20. The van der Waals surface area contributed by atoms with Gasteiger partial charge in [-0.2, -0.15) is 5.26 Å². The third-order valence-electron chi connectivity index (χ3n) is 3.91. The number of ether oxygens (including phenoxy) is 1. The molecule has 3 rings (SSSR count). The molecule has 138 valence electrons. The fraction of sp³-hybridized carbons (Fsp3) is 0.0476. The van der Waals surface area contributed by atoms with E-state index in [0.717, 1.165) is 11.1 Å². The van der Waals surface area contributed by atoms with Gasteiger partial charge < -0.3 is 10.1 Å². The van der Waals surface area contributed by atoms with Crippen molar-refractivity contribution in [3.63, 3.8) is 0 Å². The van der Waals surface area contributed by atoms with Crippen LogP contribution < -0.4 is 10.1 Å². The number of hydrogen-bond acceptors (Lipinski definition) is 5. The molecule has 7 heteroatoms. The first-order valence-corrected chi connectivity index (χ1v) is 8.33. The summed E-state index contributed by atoms with van der Waals surface area (Å²) in [6.07, 6.45) is 0. The number of amides is 1. The Morgan fingerprint density at radius 2 is 1.68 bits per heavy atom. The average molecular weight is 373 g/mol. The van der Waals surface area contributed by atoms with E-state index in [1.165, 1.54) is 18.2 Å². The van der Waals surface area contributed by atoms with Crippen molar-refractivity contribution >= 4 is 17.3 Å². The summed E-state index contributed by atoms with van der Waals surface area (Å²) in [7, 11) is 0. The Morgan fingerprint density at radius 3 is 2.29 bits per heavy atom. The molecule has 0 radical (unpaired) electrons. The molecule has 0 heterocycles. The average Bonchev–Trinajstić information content (AvgIpc) is 2.73. The standard InChI is InChI=1S/C21H15N3O4/c22-13-15-4-6-16(7-5-15)17-8-10-20(11-9-17)28-14-21(25)23-18-2-1-3-19(12-18)24(26)27/h1-12H,14H2,(H,23,25). The number of non-ortho nitro benzene ring substituents is 1. The van der Waals surface area contributed by atoms with Crippen molar-refractivity contribution in [1.29, 1.82) is 5.26 Å². The van der Waals surface area contributed by atoms with E-state index >= 15 is 0 Å². The van der Waals surface area contributed by atoms with E-state index in [-0.39, 0.29) is 12.3 Å². The molecule has 0 atom stereocenters. The Balaban J connectivity index is 1.57. The van der Waals surface area contributed by atoms with Crippen molar-refractivity contribution in [3.8, 4) is 22.9 Å². The number of nitrogens with one attached hydrogen (secondary N) is 1. The second-order valence-corrected chi connectivity index (χ2v) is 5.86. The highest BCUT2D eigenvalue weighted by molar-refractivity contribution is 5.92. The lowest BCUT2D eigenvalue weighted by molar-refractivity contribution is -0.384. The highest BCUT2D eigenvalue weighted by Crippen LogP contribution is 2.23. The van der Waals surface area contributed by atoms with Crippen LogP contribution in [0.2, 0.25) is 0 Å². The van der Waals surface area contributed by atoms with Crippen LogP contribution in [0, 0.1) is 21.4 Å². The molecule has 0 aliphatic carbocycles. The number of carbonyl (C=O) groups is 1. The summed E-state index contributed by atoms with van der Waals surface area (Å²) in [6.45, 7) is -0.223. The number of nitrogens with zero attached hydrogens (tertiary/aromatic N) is 2. The van der Waals surface area contributed by atoms with E-state index in [4.69, 9.17) is 10.00 Å². The summed E-state index contributed by atoms with van der Waals surface area (Å²) in [5.74, 6) is 0.100. The fourth-order valence-electron chi connectivity index (χ4n) is 2.52. The van der Waals surface area contributed by atoms with Crippen LogP contribution in [0.4, 0.5) is 11.4 Å². The van der Waals surface area contributed by atoms with Crippen LogP contribution in [0.1, 0.15) is 5.56 Å². The third-order valence-corrected chi connectivity index (χ3v) is 3.91. The van der Waals surface area contributed by atoms with E-state index in [9.17, 15) is 14.9 Å². The Morgan fingerprint density at radius 1 is 1.04 bits per heavy atom. The first-order chi connectivity index (χ1) is 13.5. The van der Waals surface area contributed by atoms with Gasteiger partial charge in [-0.05, 0) is 41.5 Å². The Kier molecular flexibility index (Phi) is 5.63. The van der Waals surface area contributed by atoms with Gasteiger partial charge in [-0.1, -0.05) is 30.3 Å². The molecule has 0 aliphatic heterocycles. The molecule has 7 nitrogen and oxygen atoms in total. The number of rotatable bonds is 6. The number of anilines is 1. The molecular formula is C21H15N3O4. The first kappa shape index (κ1) is 18.6. The zero-order valence-corrected chi connectivity index (χ0v) is 14.7. The molecule has 0 spiro atoms. The van der Waals surface area contributed by atoms with Gasteiger partial charge in [0.1, 0.15) is 5.75 Å². The maximum Gasteiger partial charge on any atom is 0.271 e. The Labute approximate surface area is 161 Å². The van der Waals surface area contributed by atoms with Crippen LogP contribution >= 0.6 is 0 Å². The topological polar surface area (TPSA) is 105 Å². The summed E-state index contributed by atoms with van der Waals surface area (Å²) >= 11 is 0. The van der Waals surface area contributed by atoms with E-state index in [2.05, 4.69) is 11.4 Å². The van der Waals surface area contributed by atoms with Crippen molar-refractivity contribution in [2.75, 3.05) is 11.9 Å². The van der Waals surface area contributed by atoms with Crippen molar-refractivity contribution in [1.82, 2.24) is 0 Å². The number of carbonyl (C=O) groups excluding carboxylic acids is 1. The first-order valence-electron chi connectivity index (χ1n) is 8.33. The minimum Gasteiger partial charge on any atom is -0.484 e. The summed E-state index contributed by atoms with van der Waals surface area (Å²) in [5.41, 5.74) is 2.75. The maximum absolute atomic E-state index is 12.0. The summed E-state index contributed by atoms with van der Waals surface area (Å²) in [4.78, 5) is 22.2. The molecule has 0 saturated heterocycles. The predicted octanol–water partition coefficient (Wildman–Crippen LogP) is 4.15. The monoisotopic (exact) mass is 373 g/mol. The van der Waals surface area contributed by atoms with Crippen LogP contribution in [0.15, 0.2) is 72.8 Å². The zero-order valence-electron chi connectivity index (χ0n) is 14.7. The quantitative estimate of drug-likeness (QED) is 0.516. The second kappa shape index (κ2) is 8.47. The summed E-state index contributed by atoms with van der Waals surface area (Å²) in [6, 6.07) is 22.2. The normalized spacial score (nSPS) is 9.96. The summed E-state index contributed by atoms with van der Waals surface area (Å²) < 4.78 is 5.46. The van der Waals surface area contributed by atoms with E-state index in [1.54, 1.807) is 30.3 Å². The summed E-state index contributed by atoms with van der Waals surface area (Å²) in [5, 5.41) is 22.2. The Bertz CT molecular complexity index is 1040. The van der Waals surface area contributed by atoms with Crippen LogP contribution in [-0.4, -0.2) is 17.4 Å². The van der Waals surface area contributed by atoms with Gasteiger partial charge in [-0.3, -0.25) is 14.9 Å². The molecule has 3 aromatic rings. The molecule has 0 bridgehead atoms. The maximum atomic E-state index is 12.0. The molecule has 0 unspecified atom stereocenters. The molecule has 0 aromatic heterocycles. The van der Waals surface area contributed by atoms with Gasteiger partial charge in [-0.15, -0.1) is 0 Å². The molecule has 1 N–H and O–H groups in total. The van der Waals surface area contributed by atoms with E-state index in [1.807, 2.05) is 24.3 Å². The Hall–Kier alpha value is -4.18. The van der Waals surface area contributed by atoms with E-state index in [0.29, 0.717) is 17.0 Å². The highest BCUT2D eigenvalue weighted by atomic mass is 16.6. The smallest absolute Gasteiger partial charge is 0.271 e. The van der Waals surface area contributed by atoms with Crippen LogP contribution in [0.3, 0.4) is 0 Å². The van der Waals surface area contributed by atoms with Crippen molar-refractivity contribution in [3.05, 3.63) is 88.5 Å². The highest BCUT2D eigenvalue weighted by Gasteiger charge is 2.09. The SMILES string of the molecule is N#Cc1ccc(-c2ccc(OCC(=O)Nc3cccc([N+](=O)[O-])c3)cc2)cc1. The lowest BCUT2D eigenvalue weighted by atomic mass is 10.0. The number of nitriles is 1. The van der Waals surface area contributed by atoms with E-state index < -0.39 is 10.8 Å². The van der Waals surface area contributed by atoms with Gasteiger partial charge >= 0.3 is 0 Å². The van der Waals surface area contributed by atoms with Gasteiger partial charge in [0, 0.05) is 17.8 Å².